The van der Waals surface area contributed by atoms with Gasteiger partial charge in [-0.05, 0) is 29.9 Å². The van der Waals surface area contributed by atoms with Crippen LogP contribution in [0, 0.1) is 6.92 Å². The maximum atomic E-state index is 5.60. The van der Waals surface area contributed by atoms with E-state index in [9.17, 15) is 0 Å². The van der Waals surface area contributed by atoms with Gasteiger partial charge in [-0.25, -0.2) is 0 Å². The van der Waals surface area contributed by atoms with Crippen LogP contribution in [0.5, 0.6) is 0 Å². The zero-order valence-corrected chi connectivity index (χ0v) is 7.81. The number of nitrogen functional groups attached to an aromatic ring is 1. The molecule has 10 heavy (non-hydrogen) atoms. The highest BCUT2D eigenvalue weighted by molar-refractivity contribution is 7.80. The van der Waals surface area contributed by atoms with E-state index in [1.165, 1.54) is 5.56 Å². The molecule has 0 aliphatic rings. The molecule has 0 aliphatic carbocycles. The van der Waals surface area contributed by atoms with E-state index in [1.807, 2.05) is 19.1 Å². The van der Waals surface area contributed by atoms with E-state index in [1.54, 1.807) is 0 Å². The number of rotatable bonds is 0. The van der Waals surface area contributed by atoms with Crippen molar-refractivity contribution in [3.8, 4) is 0 Å². The molecule has 1 atom stereocenters. The van der Waals surface area contributed by atoms with Crippen molar-refractivity contribution in [3.63, 3.8) is 0 Å². The molecule has 0 amide bonds. The van der Waals surface area contributed by atoms with Crippen molar-refractivity contribution in [2.45, 2.75) is 11.8 Å². The van der Waals surface area contributed by atoms with E-state index < -0.39 is 0 Å². The van der Waals surface area contributed by atoms with Gasteiger partial charge in [-0.15, -0.1) is 21.9 Å². The fourth-order valence-electron chi connectivity index (χ4n) is 0.727. The number of hydrogen-bond acceptors (Lipinski definition) is 2. The molecule has 0 spiro atoms. The predicted octanol–water partition coefficient (Wildman–Crippen LogP) is 1.37. The van der Waals surface area contributed by atoms with Crippen molar-refractivity contribution in [1.82, 2.24) is 0 Å². The third kappa shape index (κ3) is 1.44. The zero-order chi connectivity index (χ0) is 7.72. The molecule has 54 valence electrons. The number of aryl methyl sites for hydroxylation is 1. The molecule has 0 aromatic heterocycles. The minimum atomic E-state index is 0.735. The van der Waals surface area contributed by atoms with Gasteiger partial charge < -0.3 is 5.73 Å². The number of nitrogens with two attached hydrogens (primary N) is 1. The average Bonchev–Trinajstić information content (AvgIpc) is 1.84. The SMILES string of the molecule is Cc1cc(S)c(N)cc1P. The van der Waals surface area contributed by atoms with Gasteiger partial charge in [-0.3, -0.25) is 0 Å². The van der Waals surface area contributed by atoms with Crippen molar-refractivity contribution in [1.29, 1.82) is 0 Å². The van der Waals surface area contributed by atoms with Crippen molar-refractivity contribution >= 4 is 32.9 Å². The van der Waals surface area contributed by atoms with E-state index in [0.29, 0.717) is 0 Å². The third-order valence-corrected chi connectivity index (χ3v) is 2.42. The Morgan fingerprint density at radius 1 is 1.50 bits per heavy atom. The Balaban J connectivity index is 3.28. The topological polar surface area (TPSA) is 26.0 Å². The molecular formula is C7H10NPS. The minimum absolute atomic E-state index is 0.735. The fraction of sp³-hybridized carbons (Fsp3) is 0.143. The second-order valence-corrected chi connectivity index (χ2v) is 3.37. The van der Waals surface area contributed by atoms with E-state index in [4.69, 9.17) is 5.73 Å². The maximum Gasteiger partial charge on any atom is 0.0456 e. The van der Waals surface area contributed by atoms with Gasteiger partial charge in [0.15, 0.2) is 0 Å². The maximum absolute atomic E-state index is 5.60. The van der Waals surface area contributed by atoms with Crippen LogP contribution in [0.1, 0.15) is 5.56 Å². The molecule has 0 aliphatic heterocycles. The summed E-state index contributed by atoms with van der Waals surface area (Å²) in [5, 5.41) is 1.13. The lowest BCUT2D eigenvalue weighted by Gasteiger charge is -2.03. The second-order valence-electron chi connectivity index (χ2n) is 2.27. The standard InChI is InChI=1S/C7H10NPS/c1-4-2-7(10)5(8)3-6(4)9/h2-3,10H,8-9H2,1H3. The molecule has 0 bridgehead atoms. The summed E-state index contributed by atoms with van der Waals surface area (Å²) < 4.78 is 0. The summed E-state index contributed by atoms with van der Waals surface area (Å²) in [6.45, 7) is 2.03. The van der Waals surface area contributed by atoms with Crippen LogP contribution in [0.3, 0.4) is 0 Å². The zero-order valence-electron chi connectivity index (χ0n) is 5.76. The van der Waals surface area contributed by atoms with Crippen molar-refractivity contribution in [2.24, 2.45) is 0 Å². The molecule has 1 rings (SSSR count). The summed E-state index contributed by atoms with van der Waals surface area (Å²) in [6.07, 6.45) is 0. The molecular weight excluding hydrogens is 161 g/mol. The van der Waals surface area contributed by atoms with Crippen LogP contribution in [0.2, 0.25) is 0 Å². The van der Waals surface area contributed by atoms with Gasteiger partial charge in [-0.1, -0.05) is 0 Å². The Bertz CT molecular complexity index is 210. The van der Waals surface area contributed by atoms with Gasteiger partial charge in [-0.2, -0.15) is 0 Å². The van der Waals surface area contributed by atoms with Crippen LogP contribution in [0.15, 0.2) is 17.0 Å². The van der Waals surface area contributed by atoms with Gasteiger partial charge in [0.25, 0.3) is 0 Å². The Morgan fingerprint density at radius 2 is 2.10 bits per heavy atom. The monoisotopic (exact) mass is 171 g/mol. The van der Waals surface area contributed by atoms with Gasteiger partial charge in [0.05, 0.1) is 0 Å². The molecule has 0 fully saturated rings. The quantitative estimate of drug-likeness (QED) is 0.344. The Labute approximate surface area is 68.6 Å². The van der Waals surface area contributed by atoms with Crippen LogP contribution < -0.4 is 11.0 Å². The average molecular weight is 171 g/mol. The van der Waals surface area contributed by atoms with Crippen molar-refractivity contribution < 1.29 is 0 Å². The van der Waals surface area contributed by atoms with Gasteiger partial charge in [0, 0.05) is 10.6 Å². The van der Waals surface area contributed by atoms with E-state index in [0.717, 1.165) is 15.9 Å². The van der Waals surface area contributed by atoms with Crippen LogP contribution in [0.25, 0.3) is 0 Å². The van der Waals surface area contributed by atoms with Gasteiger partial charge >= 0.3 is 0 Å². The summed E-state index contributed by atoms with van der Waals surface area (Å²) in [5.74, 6) is 0. The van der Waals surface area contributed by atoms with Crippen LogP contribution in [0.4, 0.5) is 5.69 Å². The summed E-state index contributed by atoms with van der Waals surface area (Å²) in [5.41, 5.74) is 7.53. The largest absolute Gasteiger partial charge is 0.398 e. The molecule has 2 N–H and O–H groups in total. The summed E-state index contributed by atoms with van der Waals surface area (Å²) >= 11 is 4.18. The summed E-state index contributed by atoms with van der Waals surface area (Å²) in [7, 11) is 2.63. The Hall–Kier alpha value is -0.200. The van der Waals surface area contributed by atoms with Crippen LogP contribution in [-0.2, 0) is 0 Å². The summed E-state index contributed by atoms with van der Waals surface area (Å²) in [4.78, 5) is 0.851. The van der Waals surface area contributed by atoms with E-state index in [2.05, 4.69) is 21.9 Å². The molecule has 0 saturated heterocycles. The summed E-state index contributed by atoms with van der Waals surface area (Å²) in [6, 6.07) is 3.86. The molecule has 0 radical (unpaired) electrons. The number of thiol groups is 1. The lowest BCUT2D eigenvalue weighted by molar-refractivity contribution is 1.40. The highest BCUT2D eigenvalue weighted by Gasteiger charge is 1.96. The number of hydrogen-bond donors (Lipinski definition) is 2. The molecule has 0 heterocycles. The molecule has 1 aromatic rings. The van der Waals surface area contributed by atoms with Crippen molar-refractivity contribution in [3.05, 3.63) is 17.7 Å². The smallest absolute Gasteiger partial charge is 0.0456 e. The first-order valence-electron chi connectivity index (χ1n) is 2.96. The van der Waals surface area contributed by atoms with Gasteiger partial charge in [0.1, 0.15) is 0 Å². The lowest BCUT2D eigenvalue weighted by Crippen LogP contribution is -1.99. The molecule has 3 heteroatoms. The Morgan fingerprint density at radius 3 is 2.60 bits per heavy atom. The highest BCUT2D eigenvalue weighted by atomic mass is 32.1. The highest BCUT2D eigenvalue weighted by Crippen LogP contribution is 2.16. The second kappa shape index (κ2) is 2.81. The first kappa shape index (κ1) is 7.90. The van der Waals surface area contributed by atoms with E-state index in [-0.39, 0.29) is 0 Å². The lowest BCUT2D eigenvalue weighted by atomic mass is 10.2. The molecule has 1 nitrogen and oxygen atoms in total. The first-order valence-corrected chi connectivity index (χ1v) is 3.98. The minimum Gasteiger partial charge on any atom is -0.398 e. The Kier molecular flexibility index (Phi) is 2.22. The molecule has 1 aromatic carbocycles. The van der Waals surface area contributed by atoms with E-state index >= 15 is 0 Å². The fourth-order valence-corrected chi connectivity index (χ4v) is 1.25. The predicted molar refractivity (Wildman–Crippen MR) is 52.2 cm³/mol. The number of anilines is 1. The third-order valence-electron chi connectivity index (χ3n) is 1.42. The normalized spacial score (nSPS) is 9.90. The van der Waals surface area contributed by atoms with Gasteiger partial charge in [0.2, 0.25) is 0 Å². The molecule has 0 saturated carbocycles. The first-order chi connectivity index (χ1) is 4.61. The van der Waals surface area contributed by atoms with Crippen molar-refractivity contribution in [2.75, 3.05) is 5.73 Å². The molecule has 1 unspecified atom stereocenters. The van der Waals surface area contributed by atoms with Crippen LogP contribution >= 0.6 is 21.9 Å². The van der Waals surface area contributed by atoms with Crippen LogP contribution in [-0.4, -0.2) is 0 Å². The number of benzene rings is 1.